The second-order valence-electron chi connectivity index (χ2n) is 6.46. The van der Waals surface area contributed by atoms with Crippen LogP contribution in [0.2, 0.25) is 0 Å². The molecule has 0 aliphatic heterocycles. The van der Waals surface area contributed by atoms with E-state index in [1.807, 2.05) is 61.5 Å². The van der Waals surface area contributed by atoms with E-state index < -0.39 is 0 Å². The van der Waals surface area contributed by atoms with Crippen molar-refractivity contribution in [3.05, 3.63) is 60.8 Å². The maximum absolute atomic E-state index is 12.1. The van der Waals surface area contributed by atoms with E-state index >= 15 is 0 Å². The molecule has 28 heavy (non-hydrogen) atoms. The number of ether oxygens (including phenoxy) is 2. The summed E-state index contributed by atoms with van der Waals surface area (Å²) in [7, 11) is 1.65. The molecule has 1 unspecified atom stereocenters. The highest BCUT2D eigenvalue weighted by Crippen LogP contribution is 2.28. The van der Waals surface area contributed by atoms with E-state index in [-0.39, 0.29) is 11.9 Å². The van der Waals surface area contributed by atoms with E-state index in [0.29, 0.717) is 24.7 Å². The lowest BCUT2D eigenvalue weighted by Crippen LogP contribution is -2.38. The first kappa shape index (κ1) is 19.6. The summed E-state index contributed by atoms with van der Waals surface area (Å²) in [6.07, 6.45) is 2.55. The van der Waals surface area contributed by atoms with Crippen molar-refractivity contribution in [3.63, 3.8) is 0 Å². The van der Waals surface area contributed by atoms with E-state index in [2.05, 4.69) is 15.6 Å². The molecular weight excluding hydrogens is 354 g/mol. The van der Waals surface area contributed by atoms with Gasteiger partial charge in [0.05, 0.1) is 0 Å². The van der Waals surface area contributed by atoms with Gasteiger partial charge in [0, 0.05) is 37.5 Å². The Labute approximate surface area is 164 Å². The predicted octanol–water partition coefficient (Wildman–Crippen LogP) is 3.98. The number of carbonyl (C=O) groups excluding carboxylic acids is 1. The van der Waals surface area contributed by atoms with Gasteiger partial charge in [-0.3, -0.25) is 9.78 Å². The average molecular weight is 379 g/mol. The smallest absolute Gasteiger partial charge is 0.242 e. The number of amides is 1. The molecule has 1 heterocycles. The summed E-state index contributed by atoms with van der Waals surface area (Å²) < 4.78 is 11.0. The first-order valence-electron chi connectivity index (χ1n) is 9.32. The SMILES string of the molecule is COCCCNC(=O)C(C)Nc1ccc(Oc2cccc3cccnc23)cc1. The van der Waals surface area contributed by atoms with Crippen LogP contribution in [-0.2, 0) is 9.53 Å². The zero-order valence-electron chi connectivity index (χ0n) is 16.1. The Bertz CT molecular complexity index is 907. The van der Waals surface area contributed by atoms with E-state index in [9.17, 15) is 4.79 Å². The number of methoxy groups -OCH3 is 1. The average Bonchev–Trinajstić information content (AvgIpc) is 2.72. The number of para-hydroxylation sites is 1. The second kappa shape index (κ2) is 9.71. The van der Waals surface area contributed by atoms with Crippen molar-refractivity contribution in [3.8, 4) is 11.5 Å². The number of hydrogen-bond acceptors (Lipinski definition) is 5. The molecule has 6 nitrogen and oxygen atoms in total. The van der Waals surface area contributed by atoms with E-state index in [1.54, 1.807) is 13.3 Å². The van der Waals surface area contributed by atoms with Gasteiger partial charge in [-0.25, -0.2) is 0 Å². The van der Waals surface area contributed by atoms with Gasteiger partial charge in [0.2, 0.25) is 5.91 Å². The van der Waals surface area contributed by atoms with Gasteiger partial charge >= 0.3 is 0 Å². The zero-order chi connectivity index (χ0) is 19.8. The number of carbonyl (C=O) groups is 1. The minimum absolute atomic E-state index is 0.0433. The van der Waals surface area contributed by atoms with Gasteiger partial charge in [0.1, 0.15) is 17.3 Å². The summed E-state index contributed by atoms with van der Waals surface area (Å²) >= 11 is 0. The Kier molecular flexibility index (Phi) is 6.81. The highest BCUT2D eigenvalue weighted by molar-refractivity contribution is 5.85. The fourth-order valence-electron chi connectivity index (χ4n) is 2.80. The topological polar surface area (TPSA) is 72.5 Å². The Morgan fingerprint density at radius 1 is 1.11 bits per heavy atom. The highest BCUT2D eigenvalue weighted by Gasteiger charge is 2.12. The van der Waals surface area contributed by atoms with Crippen molar-refractivity contribution < 1.29 is 14.3 Å². The van der Waals surface area contributed by atoms with Crippen LogP contribution in [0.15, 0.2) is 60.8 Å². The van der Waals surface area contributed by atoms with Crippen molar-refractivity contribution in [1.82, 2.24) is 10.3 Å². The van der Waals surface area contributed by atoms with Crippen LogP contribution in [0.4, 0.5) is 5.69 Å². The molecule has 1 aromatic heterocycles. The van der Waals surface area contributed by atoms with Crippen molar-refractivity contribution in [2.24, 2.45) is 0 Å². The molecular formula is C22H25N3O3. The minimum Gasteiger partial charge on any atom is -0.455 e. The molecule has 0 bridgehead atoms. The van der Waals surface area contributed by atoms with E-state index in [0.717, 1.165) is 23.0 Å². The molecule has 0 saturated heterocycles. The summed E-state index contributed by atoms with van der Waals surface area (Å²) in [6, 6.07) is 16.9. The molecule has 1 atom stereocenters. The Balaban J connectivity index is 1.58. The molecule has 1 amide bonds. The van der Waals surface area contributed by atoms with E-state index in [4.69, 9.17) is 9.47 Å². The van der Waals surface area contributed by atoms with Crippen LogP contribution in [0.5, 0.6) is 11.5 Å². The van der Waals surface area contributed by atoms with E-state index in [1.165, 1.54) is 0 Å². The number of fused-ring (bicyclic) bond motifs is 1. The molecule has 2 aromatic carbocycles. The van der Waals surface area contributed by atoms with Gasteiger partial charge < -0.3 is 20.1 Å². The Hall–Kier alpha value is -3.12. The van der Waals surface area contributed by atoms with Crippen LogP contribution >= 0.6 is 0 Å². The van der Waals surface area contributed by atoms with Gasteiger partial charge in [0.25, 0.3) is 0 Å². The van der Waals surface area contributed by atoms with Crippen LogP contribution in [-0.4, -0.2) is 37.2 Å². The molecule has 3 rings (SSSR count). The lowest BCUT2D eigenvalue weighted by Gasteiger charge is -2.16. The van der Waals surface area contributed by atoms with Crippen LogP contribution in [0, 0.1) is 0 Å². The van der Waals surface area contributed by atoms with Crippen molar-refractivity contribution in [2.45, 2.75) is 19.4 Å². The summed E-state index contributed by atoms with van der Waals surface area (Å²) in [4.78, 5) is 16.5. The van der Waals surface area contributed by atoms with Gasteiger partial charge in [0.15, 0.2) is 5.75 Å². The first-order chi connectivity index (χ1) is 13.7. The lowest BCUT2D eigenvalue weighted by atomic mass is 10.2. The van der Waals surface area contributed by atoms with Gasteiger partial charge in [-0.05, 0) is 49.7 Å². The summed E-state index contributed by atoms with van der Waals surface area (Å²) in [6.45, 7) is 3.07. The lowest BCUT2D eigenvalue weighted by molar-refractivity contribution is -0.121. The normalized spacial score (nSPS) is 11.8. The molecule has 0 aliphatic rings. The van der Waals surface area contributed by atoms with Crippen LogP contribution in [0.3, 0.4) is 0 Å². The zero-order valence-corrected chi connectivity index (χ0v) is 16.1. The molecule has 0 aliphatic carbocycles. The number of nitrogens with one attached hydrogen (secondary N) is 2. The quantitative estimate of drug-likeness (QED) is 0.550. The number of nitrogens with zero attached hydrogens (tertiary/aromatic N) is 1. The fraction of sp³-hybridized carbons (Fsp3) is 0.273. The molecule has 0 spiro atoms. The van der Waals surface area contributed by atoms with Crippen molar-refractivity contribution in [2.75, 3.05) is 25.6 Å². The molecule has 0 saturated carbocycles. The minimum atomic E-state index is -0.336. The molecule has 0 radical (unpaired) electrons. The standard InChI is InChI=1S/C22H25N3O3/c1-16(22(26)24-14-5-15-27-2)25-18-9-11-19(12-10-18)28-20-8-3-6-17-7-4-13-23-21(17)20/h3-4,6-13,16,25H,5,14-15H2,1-2H3,(H,24,26). The summed E-state index contributed by atoms with van der Waals surface area (Å²) in [5.74, 6) is 1.38. The number of anilines is 1. The first-order valence-corrected chi connectivity index (χ1v) is 9.32. The van der Waals surface area contributed by atoms with Gasteiger partial charge in [-0.15, -0.1) is 0 Å². The monoisotopic (exact) mass is 379 g/mol. The number of pyridine rings is 1. The Morgan fingerprint density at radius 2 is 1.89 bits per heavy atom. The highest BCUT2D eigenvalue weighted by atomic mass is 16.5. The molecule has 146 valence electrons. The molecule has 2 N–H and O–H groups in total. The largest absolute Gasteiger partial charge is 0.455 e. The third-order valence-corrected chi connectivity index (χ3v) is 4.28. The molecule has 6 heteroatoms. The van der Waals surface area contributed by atoms with Crippen LogP contribution in [0.1, 0.15) is 13.3 Å². The Morgan fingerprint density at radius 3 is 2.68 bits per heavy atom. The summed E-state index contributed by atoms with van der Waals surface area (Å²) in [5.41, 5.74) is 1.67. The number of hydrogen-bond donors (Lipinski definition) is 2. The van der Waals surface area contributed by atoms with Crippen LogP contribution in [0.25, 0.3) is 10.9 Å². The maximum Gasteiger partial charge on any atom is 0.242 e. The number of aromatic nitrogens is 1. The number of benzene rings is 2. The number of rotatable bonds is 9. The fourth-order valence-corrected chi connectivity index (χ4v) is 2.80. The molecule has 0 fully saturated rings. The predicted molar refractivity (Wildman–Crippen MR) is 111 cm³/mol. The second-order valence-corrected chi connectivity index (χ2v) is 6.46. The van der Waals surface area contributed by atoms with Gasteiger partial charge in [-0.1, -0.05) is 18.2 Å². The third kappa shape index (κ3) is 5.20. The maximum atomic E-state index is 12.1. The molecule has 3 aromatic rings. The van der Waals surface area contributed by atoms with Crippen molar-refractivity contribution in [1.29, 1.82) is 0 Å². The van der Waals surface area contributed by atoms with Gasteiger partial charge in [-0.2, -0.15) is 0 Å². The van der Waals surface area contributed by atoms with Crippen LogP contribution < -0.4 is 15.4 Å². The summed E-state index contributed by atoms with van der Waals surface area (Å²) in [5, 5.41) is 7.11. The van der Waals surface area contributed by atoms with Crippen molar-refractivity contribution >= 4 is 22.5 Å². The third-order valence-electron chi connectivity index (χ3n) is 4.28.